The van der Waals surface area contributed by atoms with Crippen LogP contribution in [0.3, 0.4) is 0 Å². The molecule has 0 bridgehead atoms. The van der Waals surface area contributed by atoms with Gasteiger partial charge in [0.2, 0.25) is 0 Å². The van der Waals surface area contributed by atoms with Gasteiger partial charge in [-0.3, -0.25) is 0 Å². The first-order valence-corrected chi connectivity index (χ1v) is 23.9. The first kappa shape index (κ1) is 51.6. The van der Waals surface area contributed by atoms with Crippen LogP contribution in [0.5, 0.6) is 0 Å². The van der Waals surface area contributed by atoms with Crippen molar-refractivity contribution in [3.05, 3.63) is 11.6 Å². The Morgan fingerprint density at radius 2 is 1.20 bits per heavy atom. The Hall–Kier alpha value is -1.27. The smallest absolute Gasteiger partial charge is 0.187 e. The molecule has 3 saturated heterocycles. The molecule has 7 rings (SSSR count). The van der Waals surface area contributed by atoms with E-state index in [0.29, 0.717) is 44.9 Å². The van der Waals surface area contributed by atoms with Gasteiger partial charge in [0.05, 0.1) is 31.5 Å². The molecule has 3 aliphatic heterocycles. The number of rotatable bonds is 13. The summed E-state index contributed by atoms with van der Waals surface area (Å²) in [6.45, 7) is 10.6. The lowest BCUT2D eigenvalue weighted by Crippen LogP contribution is -2.69. The third kappa shape index (κ3) is 8.32. The van der Waals surface area contributed by atoms with Crippen molar-refractivity contribution in [2.75, 3.05) is 19.8 Å². The monoisotopic (exact) mass is 931 g/mol. The molecule has 18 heteroatoms. The first-order chi connectivity index (χ1) is 30.5. The van der Waals surface area contributed by atoms with E-state index >= 15 is 0 Å². The zero-order chi connectivity index (χ0) is 47.8. The fraction of sp³-hybridized carbons (Fsp3) is 0.936. The molecule has 7 aliphatic rings. The van der Waals surface area contributed by atoms with Crippen molar-refractivity contribution in [2.24, 2.45) is 45.3 Å². The van der Waals surface area contributed by atoms with Crippen molar-refractivity contribution < 1.29 is 89.8 Å². The molecule has 0 aromatic carbocycles. The standard InChI is InChI=1S/C47H78O18/c1-22(2)8-7-14-47(60,40-37(58)34(55)31(52)25(18-48)61-40)24-11-15-44(5)23(24)9-10-29-45(44,6)16-12-28-43(3,4)30(13-17-46(28,29)21-51)64-42-39(36(57)33(54)27(20-50)63-42)65-41-38(59)35(56)32(53)26(19-49)62-41/h8,21,23-42,48-50,52-60H,7,9-20H2,1-6H3/t23-,24+,25-,26-,27-,28-,29+,30-,31-,32-,33-,34+,35+,36+,37-,38-,39-,40+,41+,42+,44-,45-,46+,47-/m1/s1. The van der Waals surface area contributed by atoms with Gasteiger partial charge in [-0.25, -0.2) is 0 Å². The molecule has 7 fully saturated rings. The van der Waals surface area contributed by atoms with E-state index < -0.39 is 134 Å². The maximum absolute atomic E-state index is 14.0. The lowest BCUT2D eigenvalue weighted by molar-refractivity contribution is -0.378. The van der Waals surface area contributed by atoms with Crippen LogP contribution in [0.1, 0.15) is 106 Å². The van der Waals surface area contributed by atoms with Gasteiger partial charge in [0.25, 0.3) is 0 Å². The summed E-state index contributed by atoms with van der Waals surface area (Å²) < 4.78 is 30.4. The number of aliphatic hydroxyl groups is 12. The average molecular weight is 931 g/mol. The van der Waals surface area contributed by atoms with Crippen molar-refractivity contribution in [2.45, 2.75) is 209 Å². The summed E-state index contributed by atoms with van der Waals surface area (Å²) in [5.41, 5.74) is -2.78. The summed E-state index contributed by atoms with van der Waals surface area (Å²) in [6.07, 6.45) is -14.9. The van der Waals surface area contributed by atoms with Gasteiger partial charge >= 0.3 is 0 Å². The van der Waals surface area contributed by atoms with Crippen LogP contribution in [0.25, 0.3) is 0 Å². The zero-order valence-electron chi connectivity index (χ0n) is 38.7. The number of aliphatic hydroxyl groups excluding tert-OH is 11. The second-order valence-electron chi connectivity index (χ2n) is 22.1. The Labute approximate surface area is 381 Å². The maximum Gasteiger partial charge on any atom is 0.187 e. The summed E-state index contributed by atoms with van der Waals surface area (Å²) in [7, 11) is 0. The van der Waals surface area contributed by atoms with E-state index in [1.807, 2.05) is 33.8 Å². The van der Waals surface area contributed by atoms with E-state index in [4.69, 9.17) is 23.7 Å². The predicted octanol–water partition coefficient (Wildman–Crippen LogP) is -0.820. The highest BCUT2D eigenvalue weighted by molar-refractivity contribution is 5.62. The van der Waals surface area contributed by atoms with E-state index in [1.165, 1.54) is 0 Å². The van der Waals surface area contributed by atoms with Crippen molar-refractivity contribution >= 4 is 6.29 Å². The molecule has 18 nitrogen and oxygen atoms in total. The third-order valence-electron chi connectivity index (χ3n) is 18.5. The van der Waals surface area contributed by atoms with E-state index in [1.54, 1.807) is 0 Å². The molecule has 4 saturated carbocycles. The molecule has 0 aromatic rings. The quantitative estimate of drug-likeness (QED) is 0.0610. The van der Waals surface area contributed by atoms with E-state index in [0.717, 1.165) is 24.7 Å². The highest BCUT2D eigenvalue weighted by Gasteiger charge is 2.72. The van der Waals surface area contributed by atoms with Gasteiger partial charge in [0.1, 0.15) is 85.6 Å². The molecule has 0 radical (unpaired) electrons. The number of carbonyl (C=O) groups is 1. The molecule has 12 N–H and O–H groups in total. The van der Waals surface area contributed by atoms with Crippen molar-refractivity contribution in [1.29, 1.82) is 0 Å². The molecule has 0 amide bonds. The Balaban J connectivity index is 1.15. The molecule has 4 aliphatic carbocycles. The number of hydrogen-bond donors (Lipinski definition) is 12. The van der Waals surface area contributed by atoms with Crippen molar-refractivity contribution in [1.82, 2.24) is 0 Å². The van der Waals surface area contributed by atoms with Crippen LogP contribution in [0.15, 0.2) is 11.6 Å². The van der Waals surface area contributed by atoms with Crippen LogP contribution in [0.2, 0.25) is 0 Å². The topological polar surface area (TPSA) is 306 Å². The number of ether oxygens (including phenoxy) is 5. The molecule has 0 aromatic heterocycles. The Morgan fingerprint density at radius 1 is 0.631 bits per heavy atom. The van der Waals surface area contributed by atoms with Crippen LogP contribution in [-0.4, -0.2) is 191 Å². The summed E-state index contributed by atoms with van der Waals surface area (Å²) in [5, 5.41) is 130. The lowest BCUT2D eigenvalue weighted by Gasteiger charge is -2.69. The van der Waals surface area contributed by atoms with Gasteiger partial charge in [-0.15, -0.1) is 0 Å². The minimum Gasteiger partial charge on any atom is -0.394 e. The van der Waals surface area contributed by atoms with Gasteiger partial charge in [-0.1, -0.05) is 39.3 Å². The molecule has 374 valence electrons. The SMILES string of the molecule is CC(C)=CCC[C@@](O)([C@H]1CC[C@]2(C)[C@@H]1CC[C@@H]1[C@]3(C=O)CC[C@@H](O[C@@H]4O[C@H](CO)[C@@H](O)[C@H](O)[C@H]4O[C@@H]4O[C@H](CO)[C@@H](O)[C@H](O)[C@H]4O)C(C)(C)[C@H]3CC[C@]12C)[C@H]1O[C@H](CO)[C@@H](O)[C@H](O)[C@H]1O. The average Bonchev–Trinajstić information content (AvgIpc) is 3.64. The Morgan fingerprint density at radius 3 is 1.80 bits per heavy atom. The van der Waals surface area contributed by atoms with Crippen molar-refractivity contribution in [3.63, 3.8) is 0 Å². The molecule has 65 heavy (non-hydrogen) atoms. The lowest BCUT2D eigenvalue weighted by atomic mass is 9.35. The molecule has 0 spiro atoms. The molecule has 0 unspecified atom stereocenters. The van der Waals surface area contributed by atoms with Crippen LogP contribution in [0, 0.1) is 45.3 Å². The number of allylic oxidation sites excluding steroid dienone is 2. The minimum atomic E-state index is -1.82. The molecular formula is C47H78O18. The highest BCUT2D eigenvalue weighted by Crippen LogP contribution is 2.76. The van der Waals surface area contributed by atoms with Crippen LogP contribution in [-0.2, 0) is 28.5 Å². The minimum absolute atomic E-state index is 0.0499. The summed E-state index contributed by atoms with van der Waals surface area (Å²) in [5.74, 6) is -0.658. The largest absolute Gasteiger partial charge is 0.394 e. The molecule has 3 heterocycles. The van der Waals surface area contributed by atoms with Crippen LogP contribution < -0.4 is 0 Å². The normalized spacial score (nSPS) is 51.8. The number of fused-ring (bicyclic) bond motifs is 5. The number of aldehydes is 1. The van der Waals surface area contributed by atoms with Crippen LogP contribution in [0.4, 0.5) is 0 Å². The van der Waals surface area contributed by atoms with Gasteiger partial charge in [-0.05, 0) is 118 Å². The first-order valence-electron chi connectivity index (χ1n) is 23.9. The van der Waals surface area contributed by atoms with Crippen molar-refractivity contribution in [3.8, 4) is 0 Å². The van der Waals surface area contributed by atoms with Gasteiger partial charge in [-0.2, -0.15) is 0 Å². The summed E-state index contributed by atoms with van der Waals surface area (Å²) in [4.78, 5) is 14.0. The zero-order valence-corrected chi connectivity index (χ0v) is 38.7. The van der Waals surface area contributed by atoms with Crippen LogP contribution >= 0.6 is 0 Å². The van der Waals surface area contributed by atoms with Gasteiger partial charge in [0, 0.05) is 5.41 Å². The fourth-order valence-electron chi connectivity index (χ4n) is 14.8. The van der Waals surface area contributed by atoms with Gasteiger partial charge in [0.15, 0.2) is 12.6 Å². The predicted molar refractivity (Wildman–Crippen MR) is 228 cm³/mol. The van der Waals surface area contributed by atoms with E-state index in [2.05, 4.69) is 13.8 Å². The second kappa shape index (κ2) is 19.1. The Bertz CT molecular complexity index is 1680. The number of hydrogen-bond acceptors (Lipinski definition) is 18. The molecular weight excluding hydrogens is 852 g/mol. The fourth-order valence-corrected chi connectivity index (χ4v) is 14.8. The summed E-state index contributed by atoms with van der Waals surface area (Å²) >= 11 is 0. The summed E-state index contributed by atoms with van der Waals surface area (Å²) in [6, 6.07) is 0. The molecule has 24 atom stereocenters. The number of carbonyl (C=O) groups excluding carboxylic acids is 1. The Kier molecular flexibility index (Phi) is 15.2. The van der Waals surface area contributed by atoms with E-state index in [9.17, 15) is 66.1 Å². The second-order valence-corrected chi connectivity index (χ2v) is 22.1. The third-order valence-corrected chi connectivity index (χ3v) is 18.5. The van der Waals surface area contributed by atoms with E-state index in [-0.39, 0.29) is 40.9 Å². The highest BCUT2D eigenvalue weighted by atomic mass is 16.8. The van der Waals surface area contributed by atoms with Gasteiger partial charge < -0.3 is 89.8 Å². The maximum atomic E-state index is 14.0.